The Balaban J connectivity index is 1.99. The molecule has 0 unspecified atom stereocenters. The Morgan fingerprint density at radius 1 is 1.20 bits per heavy atom. The molecule has 0 saturated heterocycles. The molecule has 15 heavy (non-hydrogen) atoms. The minimum absolute atomic E-state index is 0.480. The van der Waals surface area contributed by atoms with Gasteiger partial charge in [-0.1, -0.05) is 12.1 Å². The lowest BCUT2D eigenvalue weighted by Gasteiger charge is -2.04. The van der Waals surface area contributed by atoms with E-state index in [9.17, 15) is 4.39 Å². The first-order valence-electron chi connectivity index (χ1n) is 4.60. The van der Waals surface area contributed by atoms with E-state index in [0.29, 0.717) is 12.4 Å². The summed E-state index contributed by atoms with van der Waals surface area (Å²) in [5.74, 6) is 0.0463. The standard InChI is InChI=1S/C11H10FN3/c12-10-4-1-5-11(15-10)14-8-9-3-2-6-13-7-9/h1-7H,8H2,(H,14,15). The second-order valence-electron chi connectivity index (χ2n) is 3.06. The third kappa shape index (κ3) is 2.74. The normalized spacial score (nSPS) is 9.93. The van der Waals surface area contributed by atoms with Crippen molar-refractivity contribution in [3.63, 3.8) is 0 Å². The lowest BCUT2D eigenvalue weighted by atomic mass is 10.3. The molecular formula is C11H10FN3. The van der Waals surface area contributed by atoms with Crippen molar-refractivity contribution in [2.24, 2.45) is 0 Å². The van der Waals surface area contributed by atoms with Crippen LogP contribution in [0.25, 0.3) is 0 Å². The molecule has 0 fully saturated rings. The first-order valence-corrected chi connectivity index (χ1v) is 4.60. The summed E-state index contributed by atoms with van der Waals surface area (Å²) in [6, 6.07) is 8.46. The molecule has 1 N–H and O–H groups in total. The number of hydrogen-bond acceptors (Lipinski definition) is 3. The van der Waals surface area contributed by atoms with Gasteiger partial charge in [-0.2, -0.15) is 4.39 Å². The summed E-state index contributed by atoms with van der Waals surface area (Å²) in [5.41, 5.74) is 1.03. The highest BCUT2D eigenvalue weighted by Gasteiger charge is 1.96. The van der Waals surface area contributed by atoms with E-state index < -0.39 is 5.95 Å². The third-order valence-electron chi connectivity index (χ3n) is 1.91. The molecule has 0 amide bonds. The van der Waals surface area contributed by atoms with Gasteiger partial charge < -0.3 is 5.32 Å². The smallest absolute Gasteiger partial charge is 0.214 e. The fourth-order valence-corrected chi connectivity index (χ4v) is 1.20. The molecule has 0 saturated carbocycles. The molecule has 0 atom stereocenters. The SMILES string of the molecule is Fc1cccc(NCc2cccnc2)n1. The van der Waals surface area contributed by atoms with Crippen molar-refractivity contribution >= 4 is 5.82 Å². The summed E-state index contributed by atoms with van der Waals surface area (Å²) in [6.07, 6.45) is 3.47. The number of anilines is 1. The summed E-state index contributed by atoms with van der Waals surface area (Å²) in [4.78, 5) is 7.67. The van der Waals surface area contributed by atoms with Crippen molar-refractivity contribution in [2.45, 2.75) is 6.54 Å². The van der Waals surface area contributed by atoms with Gasteiger partial charge in [0.2, 0.25) is 5.95 Å². The molecule has 0 aliphatic rings. The summed E-state index contributed by atoms with van der Waals surface area (Å²) in [5, 5.41) is 3.01. The zero-order valence-corrected chi connectivity index (χ0v) is 8.02. The van der Waals surface area contributed by atoms with Crippen molar-refractivity contribution in [1.82, 2.24) is 9.97 Å². The van der Waals surface area contributed by atoms with Gasteiger partial charge in [0.1, 0.15) is 5.82 Å². The van der Waals surface area contributed by atoms with Crippen LogP contribution in [0.3, 0.4) is 0 Å². The molecule has 0 radical (unpaired) electrons. The van der Waals surface area contributed by atoms with E-state index in [1.54, 1.807) is 24.5 Å². The first-order chi connectivity index (χ1) is 7.34. The van der Waals surface area contributed by atoms with Gasteiger partial charge in [0.05, 0.1) is 0 Å². The molecule has 0 aliphatic heterocycles. The van der Waals surface area contributed by atoms with Crippen LogP contribution in [0.2, 0.25) is 0 Å². The average molecular weight is 203 g/mol. The van der Waals surface area contributed by atoms with Gasteiger partial charge in [-0.15, -0.1) is 0 Å². The molecule has 0 aliphatic carbocycles. The summed E-state index contributed by atoms with van der Waals surface area (Å²) in [7, 11) is 0. The number of hydrogen-bond donors (Lipinski definition) is 1. The second kappa shape index (κ2) is 4.50. The zero-order chi connectivity index (χ0) is 10.5. The quantitative estimate of drug-likeness (QED) is 0.777. The van der Waals surface area contributed by atoms with E-state index in [4.69, 9.17) is 0 Å². The Labute approximate surface area is 87.0 Å². The fourth-order valence-electron chi connectivity index (χ4n) is 1.20. The Hall–Kier alpha value is -1.97. The molecule has 2 aromatic rings. The van der Waals surface area contributed by atoms with Crippen molar-refractivity contribution < 1.29 is 4.39 Å². The molecule has 2 aromatic heterocycles. The summed E-state index contributed by atoms with van der Waals surface area (Å²) < 4.78 is 12.7. The van der Waals surface area contributed by atoms with Gasteiger partial charge in [0.25, 0.3) is 0 Å². The van der Waals surface area contributed by atoms with Gasteiger partial charge in [-0.05, 0) is 23.8 Å². The summed E-state index contributed by atoms with van der Waals surface area (Å²) >= 11 is 0. The number of halogens is 1. The van der Waals surface area contributed by atoms with E-state index in [1.165, 1.54) is 6.07 Å². The number of rotatable bonds is 3. The van der Waals surface area contributed by atoms with E-state index >= 15 is 0 Å². The van der Waals surface area contributed by atoms with Crippen LogP contribution in [0.15, 0.2) is 42.7 Å². The van der Waals surface area contributed by atoms with Crippen LogP contribution in [0.1, 0.15) is 5.56 Å². The van der Waals surface area contributed by atoms with Crippen LogP contribution in [-0.2, 0) is 6.54 Å². The highest BCUT2D eigenvalue weighted by atomic mass is 19.1. The molecule has 3 nitrogen and oxygen atoms in total. The molecule has 2 heterocycles. The molecule has 0 spiro atoms. The topological polar surface area (TPSA) is 37.8 Å². The maximum absolute atomic E-state index is 12.7. The van der Waals surface area contributed by atoms with Crippen molar-refractivity contribution in [2.75, 3.05) is 5.32 Å². The maximum atomic E-state index is 12.7. The highest BCUT2D eigenvalue weighted by molar-refractivity contribution is 5.34. The van der Waals surface area contributed by atoms with Crippen molar-refractivity contribution in [1.29, 1.82) is 0 Å². The van der Waals surface area contributed by atoms with Gasteiger partial charge >= 0.3 is 0 Å². The maximum Gasteiger partial charge on any atom is 0.214 e. The van der Waals surface area contributed by atoms with Crippen LogP contribution in [0, 0.1) is 5.95 Å². The van der Waals surface area contributed by atoms with E-state index in [-0.39, 0.29) is 0 Å². The predicted octanol–water partition coefficient (Wildman–Crippen LogP) is 2.23. The number of nitrogens with zero attached hydrogens (tertiary/aromatic N) is 2. The Morgan fingerprint density at radius 3 is 2.87 bits per heavy atom. The number of pyridine rings is 2. The molecule has 0 bridgehead atoms. The van der Waals surface area contributed by atoms with Crippen LogP contribution in [0.5, 0.6) is 0 Å². The molecule has 4 heteroatoms. The van der Waals surface area contributed by atoms with Crippen LogP contribution < -0.4 is 5.32 Å². The van der Waals surface area contributed by atoms with E-state index in [0.717, 1.165) is 5.56 Å². The first kappa shape index (κ1) is 9.58. The fraction of sp³-hybridized carbons (Fsp3) is 0.0909. The number of nitrogens with one attached hydrogen (secondary N) is 1. The molecule has 0 aromatic carbocycles. The third-order valence-corrected chi connectivity index (χ3v) is 1.91. The van der Waals surface area contributed by atoms with Crippen LogP contribution in [-0.4, -0.2) is 9.97 Å². The number of aromatic nitrogens is 2. The van der Waals surface area contributed by atoms with Gasteiger partial charge in [-0.3, -0.25) is 4.98 Å². The predicted molar refractivity (Wildman–Crippen MR) is 55.8 cm³/mol. The van der Waals surface area contributed by atoms with Crippen LogP contribution in [0.4, 0.5) is 10.2 Å². The largest absolute Gasteiger partial charge is 0.366 e. The lowest BCUT2D eigenvalue weighted by Crippen LogP contribution is -2.01. The van der Waals surface area contributed by atoms with E-state index in [1.807, 2.05) is 12.1 Å². The van der Waals surface area contributed by atoms with E-state index in [2.05, 4.69) is 15.3 Å². The Kier molecular flexibility index (Phi) is 2.88. The molecular weight excluding hydrogens is 193 g/mol. The van der Waals surface area contributed by atoms with Crippen LogP contribution >= 0.6 is 0 Å². The molecule has 76 valence electrons. The van der Waals surface area contributed by atoms with Crippen molar-refractivity contribution in [3.05, 3.63) is 54.2 Å². The monoisotopic (exact) mass is 203 g/mol. The van der Waals surface area contributed by atoms with Gasteiger partial charge in [0, 0.05) is 18.9 Å². The average Bonchev–Trinajstić information content (AvgIpc) is 2.28. The second-order valence-corrected chi connectivity index (χ2v) is 3.06. The Bertz CT molecular complexity index is 431. The summed E-state index contributed by atoms with van der Waals surface area (Å²) in [6.45, 7) is 0.588. The zero-order valence-electron chi connectivity index (χ0n) is 8.02. The van der Waals surface area contributed by atoms with Crippen molar-refractivity contribution in [3.8, 4) is 0 Å². The highest BCUT2D eigenvalue weighted by Crippen LogP contribution is 2.05. The minimum Gasteiger partial charge on any atom is -0.366 e. The van der Waals surface area contributed by atoms with Gasteiger partial charge in [-0.25, -0.2) is 4.98 Å². The molecule has 2 rings (SSSR count). The Morgan fingerprint density at radius 2 is 2.13 bits per heavy atom. The lowest BCUT2D eigenvalue weighted by molar-refractivity contribution is 0.585. The van der Waals surface area contributed by atoms with Gasteiger partial charge in [0.15, 0.2) is 0 Å². The minimum atomic E-state index is -0.480.